The van der Waals surface area contributed by atoms with Gasteiger partial charge in [0.05, 0.1) is 11.8 Å². The van der Waals surface area contributed by atoms with Gasteiger partial charge in [-0.2, -0.15) is 5.10 Å². The second-order valence-electron chi connectivity index (χ2n) is 2.98. The molecule has 4 heteroatoms. The van der Waals surface area contributed by atoms with Crippen molar-refractivity contribution >= 4 is 5.91 Å². The lowest BCUT2D eigenvalue weighted by Gasteiger charge is -1.98. The minimum atomic E-state index is -0.105. The monoisotopic (exact) mass is 179 g/mol. The number of rotatable bonds is 3. The summed E-state index contributed by atoms with van der Waals surface area (Å²) in [5, 5.41) is 9.01. The molecule has 0 aliphatic heterocycles. The Labute approximate surface area is 77.0 Å². The van der Waals surface area contributed by atoms with Gasteiger partial charge in [0.15, 0.2) is 0 Å². The van der Waals surface area contributed by atoms with Gasteiger partial charge in [-0.15, -0.1) is 0 Å². The fourth-order valence-corrected chi connectivity index (χ4v) is 0.825. The molecule has 0 aliphatic carbocycles. The number of hydrogen-bond acceptors (Lipinski definition) is 2. The van der Waals surface area contributed by atoms with E-state index in [1.54, 1.807) is 6.20 Å². The summed E-state index contributed by atoms with van der Waals surface area (Å²) in [5.74, 6) is -0.105. The number of carbonyl (C=O) groups excluding carboxylic acids is 1. The summed E-state index contributed by atoms with van der Waals surface area (Å²) in [6.07, 6.45) is 5.02. The van der Waals surface area contributed by atoms with Gasteiger partial charge in [-0.05, 0) is 13.8 Å². The maximum atomic E-state index is 11.3. The third-order valence-corrected chi connectivity index (χ3v) is 1.53. The third kappa shape index (κ3) is 3.11. The van der Waals surface area contributed by atoms with E-state index in [-0.39, 0.29) is 5.91 Å². The zero-order valence-corrected chi connectivity index (χ0v) is 7.79. The van der Waals surface area contributed by atoms with Crippen LogP contribution in [0.3, 0.4) is 0 Å². The molecular formula is C9H13N3O. The van der Waals surface area contributed by atoms with E-state index in [0.717, 1.165) is 0 Å². The summed E-state index contributed by atoms with van der Waals surface area (Å²) in [5.41, 5.74) is 1.75. The van der Waals surface area contributed by atoms with Crippen LogP contribution in [0.25, 0.3) is 0 Å². The SMILES string of the molecule is CC(C)=CCNC(=O)c1cn[nH]c1. The number of aromatic amines is 1. The molecule has 0 spiro atoms. The van der Waals surface area contributed by atoms with E-state index in [2.05, 4.69) is 15.5 Å². The molecule has 0 aliphatic rings. The summed E-state index contributed by atoms with van der Waals surface area (Å²) >= 11 is 0. The number of aromatic nitrogens is 2. The van der Waals surface area contributed by atoms with Crippen LogP contribution >= 0.6 is 0 Å². The zero-order valence-electron chi connectivity index (χ0n) is 7.79. The Bertz CT molecular complexity index is 297. The van der Waals surface area contributed by atoms with Crippen molar-refractivity contribution < 1.29 is 4.79 Å². The van der Waals surface area contributed by atoms with Crippen molar-refractivity contribution in [2.45, 2.75) is 13.8 Å². The lowest BCUT2D eigenvalue weighted by atomic mass is 10.3. The van der Waals surface area contributed by atoms with Gasteiger partial charge < -0.3 is 5.32 Å². The van der Waals surface area contributed by atoms with Crippen molar-refractivity contribution in [1.82, 2.24) is 15.5 Å². The largest absolute Gasteiger partial charge is 0.348 e. The Morgan fingerprint density at radius 2 is 2.46 bits per heavy atom. The van der Waals surface area contributed by atoms with E-state index in [9.17, 15) is 4.79 Å². The van der Waals surface area contributed by atoms with Crippen LogP contribution in [-0.4, -0.2) is 22.6 Å². The summed E-state index contributed by atoms with van der Waals surface area (Å²) < 4.78 is 0. The molecule has 1 heterocycles. The van der Waals surface area contributed by atoms with Gasteiger partial charge in [0.2, 0.25) is 0 Å². The van der Waals surface area contributed by atoms with Crippen molar-refractivity contribution in [1.29, 1.82) is 0 Å². The molecule has 0 bridgehead atoms. The number of nitrogens with zero attached hydrogens (tertiary/aromatic N) is 1. The summed E-state index contributed by atoms with van der Waals surface area (Å²) in [6.45, 7) is 4.54. The molecule has 2 N–H and O–H groups in total. The minimum Gasteiger partial charge on any atom is -0.348 e. The number of carbonyl (C=O) groups is 1. The van der Waals surface area contributed by atoms with Gasteiger partial charge in [-0.3, -0.25) is 9.89 Å². The first kappa shape index (κ1) is 9.51. The number of H-pyrrole nitrogens is 1. The molecule has 4 nitrogen and oxygen atoms in total. The smallest absolute Gasteiger partial charge is 0.254 e. The zero-order chi connectivity index (χ0) is 9.68. The van der Waals surface area contributed by atoms with E-state index >= 15 is 0 Å². The van der Waals surface area contributed by atoms with Crippen molar-refractivity contribution in [3.8, 4) is 0 Å². The van der Waals surface area contributed by atoms with E-state index in [1.165, 1.54) is 11.8 Å². The Balaban J connectivity index is 2.39. The fourth-order valence-electron chi connectivity index (χ4n) is 0.825. The maximum absolute atomic E-state index is 11.3. The molecule has 1 rings (SSSR count). The summed E-state index contributed by atoms with van der Waals surface area (Å²) in [4.78, 5) is 11.3. The van der Waals surface area contributed by atoms with Gasteiger partial charge in [0.1, 0.15) is 0 Å². The highest BCUT2D eigenvalue weighted by Crippen LogP contribution is 1.93. The molecule has 0 unspecified atom stereocenters. The van der Waals surface area contributed by atoms with Gasteiger partial charge >= 0.3 is 0 Å². The second kappa shape index (κ2) is 4.45. The second-order valence-corrected chi connectivity index (χ2v) is 2.98. The number of amides is 1. The Morgan fingerprint density at radius 3 is 3.00 bits per heavy atom. The molecule has 0 saturated heterocycles. The normalized spacial score (nSPS) is 9.38. The Hall–Kier alpha value is -1.58. The average Bonchev–Trinajstić information content (AvgIpc) is 2.55. The molecule has 13 heavy (non-hydrogen) atoms. The van der Waals surface area contributed by atoms with E-state index < -0.39 is 0 Å². The number of hydrogen-bond donors (Lipinski definition) is 2. The van der Waals surface area contributed by atoms with Crippen molar-refractivity contribution in [3.63, 3.8) is 0 Å². The van der Waals surface area contributed by atoms with E-state index in [4.69, 9.17) is 0 Å². The highest BCUT2D eigenvalue weighted by molar-refractivity contribution is 5.93. The van der Waals surface area contributed by atoms with Crippen LogP contribution in [0.1, 0.15) is 24.2 Å². The highest BCUT2D eigenvalue weighted by Gasteiger charge is 2.03. The molecule has 70 valence electrons. The molecule has 0 saturated carbocycles. The molecular weight excluding hydrogens is 166 g/mol. The van der Waals surface area contributed by atoms with E-state index in [0.29, 0.717) is 12.1 Å². The average molecular weight is 179 g/mol. The Kier molecular flexibility index (Phi) is 3.25. The summed E-state index contributed by atoms with van der Waals surface area (Å²) in [6, 6.07) is 0. The summed E-state index contributed by atoms with van der Waals surface area (Å²) in [7, 11) is 0. The van der Waals surface area contributed by atoms with Crippen LogP contribution < -0.4 is 5.32 Å². The van der Waals surface area contributed by atoms with Gasteiger partial charge in [-0.1, -0.05) is 11.6 Å². The first-order chi connectivity index (χ1) is 6.20. The van der Waals surface area contributed by atoms with Crippen LogP contribution in [0.2, 0.25) is 0 Å². The van der Waals surface area contributed by atoms with Crippen LogP contribution in [0.5, 0.6) is 0 Å². The van der Waals surface area contributed by atoms with Crippen LogP contribution in [-0.2, 0) is 0 Å². The molecule has 1 amide bonds. The maximum Gasteiger partial charge on any atom is 0.254 e. The third-order valence-electron chi connectivity index (χ3n) is 1.53. The van der Waals surface area contributed by atoms with Crippen LogP contribution in [0.4, 0.5) is 0 Å². The van der Waals surface area contributed by atoms with Crippen molar-refractivity contribution in [3.05, 3.63) is 29.6 Å². The molecule has 1 aromatic rings. The highest BCUT2D eigenvalue weighted by atomic mass is 16.1. The molecule has 0 radical (unpaired) electrons. The topological polar surface area (TPSA) is 57.8 Å². The molecule has 1 aromatic heterocycles. The van der Waals surface area contributed by atoms with Crippen molar-refractivity contribution in [2.24, 2.45) is 0 Å². The van der Waals surface area contributed by atoms with Gasteiger partial charge in [0, 0.05) is 12.7 Å². The van der Waals surface area contributed by atoms with Crippen LogP contribution in [0.15, 0.2) is 24.0 Å². The van der Waals surface area contributed by atoms with Crippen LogP contribution in [0, 0.1) is 0 Å². The quantitative estimate of drug-likeness (QED) is 0.683. The lowest BCUT2D eigenvalue weighted by molar-refractivity contribution is 0.0958. The van der Waals surface area contributed by atoms with Gasteiger partial charge in [-0.25, -0.2) is 0 Å². The predicted molar refractivity (Wildman–Crippen MR) is 50.4 cm³/mol. The van der Waals surface area contributed by atoms with Crippen molar-refractivity contribution in [2.75, 3.05) is 6.54 Å². The lowest BCUT2D eigenvalue weighted by Crippen LogP contribution is -2.22. The number of allylic oxidation sites excluding steroid dienone is 1. The molecule has 0 fully saturated rings. The fraction of sp³-hybridized carbons (Fsp3) is 0.333. The Morgan fingerprint density at radius 1 is 1.69 bits per heavy atom. The standard InChI is InChI=1S/C9H13N3O/c1-7(2)3-4-10-9(13)8-5-11-12-6-8/h3,5-6H,4H2,1-2H3,(H,10,13)(H,11,12). The molecule has 0 atom stereocenters. The van der Waals surface area contributed by atoms with E-state index in [1.807, 2.05) is 19.9 Å². The predicted octanol–water partition coefficient (Wildman–Crippen LogP) is 1.11. The first-order valence-corrected chi connectivity index (χ1v) is 4.10. The first-order valence-electron chi connectivity index (χ1n) is 4.10. The van der Waals surface area contributed by atoms with Gasteiger partial charge in [0.25, 0.3) is 5.91 Å². The molecule has 0 aromatic carbocycles. The number of nitrogens with one attached hydrogen (secondary N) is 2. The minimum absolute atomic E-state index is 0.105.